The molecule has 0 atom stereocenters. The fourth-order valence-electron chi connectivity index (χ4n) is 2.27. The van der Waals surface area contributed by atoms with Gasteiger partial charge in [0.25, 0.3) is 0 Å². The molecule has 94 valence electrons. The van der Waals surface area contributed by atoms with Gasteiger partial charge in [0.05, 0.1) is 0 Å². The van der Waals surface area contributed by atoms with Gasteiger partial charge in [-0.05, 0) is 49.8 Å². The summed E-state index contributed by atoms with van der Waals surface area (Å²) in [7, 11) is 0. The van der Waals surface area contributed by atoms with Crippen LogP contribution in [0.5, 0.6) is 5.75 Å². The van der Waals surface area contributed by atoms with E-state index in [1.54, 1.807) is 0 Å². The Morgan fingerprint density at radius 2 is 1.72 bits per heavy atom. The van der Waals surface area contributed by atoms with E-state index in [2.05, 4.69) is 31.2 Å². The van der Waals surface area contributed by atoms with E-state index in [1.165, 1.54) is 11.1 Å². The van der Waals surface area contributed by atoms with Gasteiger partial charge in [0, 0.05) is 0 Å². The van der Waals surface area contributed by atoms with E-state index in [9.17, 15) is 5.11 Å². The van der Waals surface area contributed by atoms with Crippen LogP contribution in [0.3, 0.4) is 0 Å². The van der Waals surface area contributed by atoms with Crippen molar-refractivity contribution >= 4 is 0 Å². The zero-order valence-electron chi connectivity index (χ0n) is 11.1. The van der Waals surface area contributed by atoms with Gasteiger partial charge in [-0.25, -0.2) is 0 Å². The number of para-hydroxylation sites is 1. The van der Waals surface area contributed by atoms with Crippen molar-refractivity contribution < 1.29 is 5.11 Å². The second-order valence-electron chi connectivity index (χ2n) is 4.93. The van der Waals surface area contributed by atoms with Crippen molar-refractivity contribution in [2.45, 2.75) is 33.1 Å². The number of aryl methyl sites for hydroxylation is 4. The Bertz CT molecular complexity index is 529. The SMILES string of the molecule is Cc1cccc(CCCc2cccc(C)c2O)c1. The second-order valence-corrected chi connectivity index (χ2v) is 4.93. The van der Waals surface area contributed by atoms with Gasteiger partial charge in [0.2, 0.25) is 0 Å². The number of rotatable bonds is 4. The lowest BCUT2D eigenvalue weighted by Gasteiger charge is -2.07. The summed E-state index contributed by atoms with van der Waals surface area (Å²) in [6, 6.07) is 14.6. The van der Waals surface area contributed by atoms with Gasteiger partial charge >= 0.3 is 0 Å². The highest BCUT2D eigenvalue weighted by atomic mass is 16.3. The first-order chi connectivity index (χ1) is 8.66. The van der Waals surface area contributed by atoms with Gasteiger partial charge in [0.15, 0.2) is 0 Å². The van der Waals surface area contributed by atoms with Crippen molar-refractivity contribution in [2.75, 3.05) is 0 Å². The minimum Gasteiger partial charge on any atom is -0.507 e. The predicted molar refractivity (Wildman–Crippen MR) is 76.0 cm³/mol. The lowest BCUT2D eigenvalue weighted by atomic mass is 10.0. The number of phenolic OH excluding ortho intramolecular Hbond substituents is 1. The molecule has 2 rings (SSSR count). The Morgan fingerprint density at radius 1 is 0.944 bits per heavy atom. The Morgan fingerprint density at radius 3 is 2.50 bits per heavy atom. The third kappa shape index (κ3) is 3.13. The molecule has 0 heterocycles. The van der Waals surface area contributed by atoms with Gasteiger partial charge in [-0.15, -0.1) is 0 Å². The molecule has 0 amide bonds. The van der Waals surface area contributed by atoms with Crippen LogP contribution in [0.4, 0.5) is 0 Å². The quantitative estimate of drug-likeness (QED) is 0.849. The summed E-state index contributed by atoms with van der Waals surface area (Å²) in [5.74, 6) is 0.460. The minimum atomic E-state index is 0.460. The van der Waals surface area contributed by atoms with E-state index in [1.807, 2.05) is 25.1 Å². The van der Waals surface area contributed by atoms with Crippen LogP contribution in [0.1, 0.15) is 28.7 Å². The number of benzene rings is 2. The third-order valence-electron chi connectivity index (χ3n) is 3.32. The summed E-state index contributed by atoms with van der Waals surface area (Å²) in [5.41, 5.74) is 4.71. The van der Waals surface area contributed by atoms with E-state index in [4.69, 9.17) is 0 Å². The Hall–Kier alpha value is -1.76. The van der Waals surface area contributed by atoms with Crippen molar-refractivity contribution in [3.8, 4) is 5.75 Å². The molecular weight excluding hydrogens is 220 g/mol. The summed E-state index contributed by atoms with van der Waals surface area (Å²) in [4.78, 5) is 0. The van der Waals surface area contributed by atoms with E-state index in [0.29, 0.717) is 5.75 Å². The number of hydrogen-bond acceptors (Lipinski definition) is 1. The summed E-state index contributed by atoms with van der Waals surface area (Å²) in [5, 5.41) is 9.94. The van der Waals surface area contributed by atoms with E-state index in [-0.39, 0.29) is 0 Å². The van der Waals surface area contributed by atoms with Crippen LogP contribution < -0.4 is 0 Å². The average molecular weight is 240 g/mol. The molecule has 0 saturated carbocycles. The normalized spacial score (nSPS) is 10.6. The van der Waals surface area contributed by atoms with Crippen LogP contribution in [0, 0.1) is 13.8 Å². The molecule has 0 aromatic heterocycles. The number of hydrogen-bond donors (Lipinski definition) is 1. The standard InChI is InChI=1S/C17H20O/c1-13-6-3-8-15(12-13)9-5-11-16-10-4-7-14(2)17(16)18/h3-4,6-8,10,12,18H,5,9,11H2,1-2H3. The average Bonchev–Trinajstić information content (AvgIpc) is 2.35. The van der Waals surface area contributed by atoms with E-state index >= 15 is 0 Å². The zero-order valence-corrected chi connectivity index (χ0v) is 11.1. The van der Waals surface area contributed by atoms with Gasteiger partial charge in [-0.1, -0.05) is 48.0 Å². The molecule has 0 aliphatic rings. The highest BCUT2D eigenvalue weighted by molar-refractivity contribution is 5.39. The maximum Gasteiger partial charge on any atom is 0.121 e. The molecule has 0 aliphatic heterocycles. The van der Waals surface area contributed by atoms with Crippen molar-refractivity contribution in [1.29, 1.82) is 0 Å². The van der Waals surface area contributed by atoms with Crippen LogP contribution in [0.2, 0.25) is 0 Å². The van der Waals surface area contributed by atoms with Gasteiger partial charge in [-0.2, -0.15) is 0 Å². The predicted octanol–water partition coefficient (Wildman–Crippen LogP) is 4.18. The van der Waals surface area contributed by atoms with Crippen molar-refractivity contribution in [2.24, 2.45) is 0 Å². The van der Waals surface area contributed by atoms with Crippen molar-refractivity contribution in [3.05, 3.63) is 64.7 Å². The molecule has 0 saturated heterocycles. The smallest absolute Gasteiger partial charge is 0.121 e. The molecule has 0 bridgehead atoms. The van der Waals surface area contributed by atoms with Gasteiger partial charge in [-0.3, -0.25) is 0 Å². The third-order valence-corrected chi connectivity index (χ3v) is 3.32. The first-order valence-electron chi connectivity index (χ1n) is 6.50. The van der Waals surface area contributed by atoms with Crippen molar-refractivity contribution in [1.82, 2.24) is 0 Å². The molecule has 1 nitrogen and oxygen atoms in total. The molecule has 0 spiro atoms. The number of phenols is 1. The Kier molecular flexibility index (Phi) is 4.03. The first kappa shape index (κ1) is 12.7. The fourth-order valence-corrected chi connectivity index (χ4v) is 2.27. The van der Waals surface area contributed by atoms with Crippen LogP contribution in [0.25, 0.3) is 0 Å². The molecule has 0 aliphatic carbocycles. The summed E-state index contributed by atoms with van der Waals surface area (Å²) < 4.78 is 0. The number of aromatic hydroxyl groups is 1. The molecule has 0 radical (unpaired) electrons. The topological polar surface area (TPSA) is 20.2 Å². The van der Waals surface area contributed by atoms with Crippen molar-refractivity contribution in [3.63, 3.8) is 0 Å². The molecule has 1 N–H and O–H groups in total. The summed E-state index contributed by atoms with van der Waals surface area (Å²) in [6.45, 7) is 4.06. The highest BCUT2D eigenvalue weighted by Gasteiger charge is 2.03. The molecule has 2 aromatic rings. The van der Waals surface area contributed by atoms with Crippen LogP contribution in [-0.4, -0.2) is 5.11 Å². The molecule has 0 unspecified atom stereocenters. The summed E-state index contributed by atoms with van der Waals surface area (Å²) in [6.07, 6.45) is 3.07. The van der Waals surface area contributed by atoms with E-state index < -0.39 is 0 Å². The summed E-state index contributed by atoms with van der Waals surface area (Å²) >= 11 is 0. The minimum absolute atomic E-state index is 0.460. The van der Waals surface area contributed by atoms with E-state index in [0.717, 1.165) is 30.4 Å². The van der Waals surface area contributed by atoms with Gasteiger partial charge in [0.1, 0.15) is 5.75 Å². The zero-order chi connectivity index (χ0) is 13.0. The molecule has 2 aromatic carbocycles. The van der Waals surface area contributed by atoms with Crippen LogP contribution >= 0.6 is 0 Å². The molecule has 0 fully saturated rings. The highest BCUT2D eigenvalue weighted by Crippen LogP contribution is 2.23. The van der Waals surface area contributed by atoms with Gasteiger partial charge < -0.3 is 5.11 Å². The monoisotopic (exact) mass is 240 g/mol. The van der Waals surface area contributed by atoms with Crippen LogP contribution in [0.15, 0.2) is 42.5 Å². The molecule has 18 heavy (non-hydrogen) atoms. The Balaban J connectivity index is 1.94. The molecular formula is C17H20O. The maximum absolute atomic E-state index is 9.94. The van der Waals surface area contributed by atoms with Crippen LogP contribution in [-0.2, 0) is 12.8 Å². The Labute approximate surface area is 109 Å². The second kappa shape index (κ2) is 5.72. The first-order valence-corrected chi connectivity index (χ1v) is 6.50. The lowest BCUT2D eigenvalue weighted by Crippen LogP contribution is -1.92. The largest absolute Gasteiger partial charge is 0.507 e. The maximum atomic E-state index is 9.94. The fraction of sp³-hybridized carbons (Fsp3) is 0.294. The lowest BCUT2D eigenvalue weighted by molar-refractivity contribution is 0.463. The molecule has 1 heteroatoms.